The second-order valence-electron chi connectivity index (χ2n) is 3.90. The minimum Gasteiger partial charge on any atom is -0.481 e. The third-order valence-corrected chi connectivity index (χ3v) is 2.97. The molecule has 0 aliphatic heterocycles. The molecule has 1 fully saturated rings. The van der Waals surface area contributed by atoms with Crippen molar-refractivity contribution in [1.29, 1.82) is 0 Å². The van der Waals surface area contributed by atoms with Crippen molar-refractivity contribution in [2.24, 2.45) is 0 Å². The van der Waals surface area contributed by atoms with Crippen LogP contribution in [0.15, 0.2) is 18.2 Å². The van der Waals surface area contributed by atoms with Crippen LogP contribution in [0.25, 0.3) is 0 Å². The summed E-state index contributed by atoms with van der Waals surface area (Å²) in [4.78, 5) is 11.1. The lowest BCUT2D eigenvalue weighted by atomic mass is 9.95. The fourth-order valence-corrected chi connectivity index (χ4v) is 2.05. The molecule has 0 spiro atoms. The van der Waals surface area contributed by atoms with Crippen molar-refractivity contribution < 1.29 is 9.90 Å². The van der Waals surface area contributed by atoms with Crippen molar-refractivity contribution in [2.45, 2.75) is 25.2 Å². The Morgan fingerprint density at radius 2 is 2.07 bits per heavy atom. The molecule has 1 aromatic carbocycles. The van der Waals surface area contributed by atoms with Crippen LogP contribution >= 0.6 is 11.6 Å². The van der Waals surface area contributed by atoms with E-state index in [-0.39, 0.29) is 0 Å². The van der Waals surface area contributed by atoms with Gasteiger partial charge in [-0.2, -0.15) is 0 Å². The molecule has 2 nitrogen and oxygen atoms in total. The molecule has 0 saturated heterocycles. The van der Waals surface area contributed by atoms with Crippen molar-refractivity contribution in [3.05, 3.63) is 34.3 Å². The van der Waals surface area contributed by atoms with Crippen LogP contribution in [-0.4, -0.2) is 11.1 Å². The summed E-state index contributed by atoms with van der Waals surface area (Å²) in [5, 5.41) is 9.71. The highest BCUT2D eigenvalue weighted by molar-refractivity contribution is 6.30. The zero-order valence-corrected chi connectivity index (χ0v) is 8.64. The van der Waals surface area contributed by atoms with Crippen LogP contribution < -0.4 is 0 Å². The zero-order valence-electron chi connectivity index (χ0n) is 7.88. The molecule has 2 rings (SSSR count). The predicted molar refractivity (Wildman–Crippen MR) is 54.7 cm³/mol. The van der Waals surface area contributed by atoms with Gasteiger partial charge in [0.05, 0.1) is 5.41 Å². The minimum absolute atomic E-state index is 0.618. The first-order valence-corrected chi connectivity index (χ1v) is 4.93. The molecule has 1 aliphatic carbocycles. The van der Waals surface area contributed by atoms with Crippen molar-refractivity contribution in [3.63, 3.8) is 0 Å². The van der Waals surface area contributed by atoms with E-state index in [0.29, 0.717) is 5.02 Å². The Morgan fingerprint density at radius 3 is 2.50 bits per heavy atom. The molecular weight excluding hydrogens is 200 g/mol. The monoisotopic (exact) mass is 210 g/mol. The first-order valence-electron chi connectivity index (χ1n) is 4.56. The molecule has 14 heavy (non-hydrogen) atoms. The van der Waals surface area contributed by atoms with Gasteiger partial charge in [-0.1, -0.05) is 17.7 Å². The van der Waals surface area contributed by atoms with Crippen molar-refractivity contribution >= 4 is 17.6 Å². The van der Waals surface area contributed by atoms with E-state index < -0.39 is 11.4 Å². The van der Waals surface area contributed by atoms with Gasteiger partial charge >= 0.3 is 5.97 Å². The van der Waals surface area contributed by atoms with Gasteiger partial charge in [0, 0.05) is 5.02 Å². The summed E-state index contributed by atoms with van der Waals surface area (Å²) >= 11 is 5.90. The van der Waals surface area contributed by atoms with Crippen LogP contribution in [0.4, 0.5) is 0 Å². The van der Waals surface area contributed by atoms with E-state index in [9.17, 15) is 4.79 Å². The summed E-state index contributed by atoms with van der Waals surface area (Å²) in [6, 6.07) is 5.51. The van der Waals surface area contributed by atoms with Crippen LogP contribution in [0.5, 0.6) is 0 Å². The number of carbonyl (C=O) groups is 1. The van der Waals surface area contributed by atoms with E-state index in [1.165, 1.54) is 0 Å². The van der Waals surface area contributed by atoms with Crippen LogP contribution in [-0.2, 0) is 10.2 Å². The Morgan fingerprint density at radius 1 is 1.43 bits per heavy atom. The molecule has 0 heterocycles. The SMILES string of the molecule is Cc1cc(Cl)cc(C2(C(=O)O)CC2)c1. The second-order valence-corrected chi connectivity index (χ2v) is 4.34. The van der Waals surface area contributed by atoms with Crippen molar-refractivity contribution in [3.8, 4) is 0 Å². The molecule has 3 heteroatoms. The van der Waals surface area contributed by atoms with Gasteiger partial charge in [0.25, 0.3) is 0 Å². The highest BCUT2D eigenvalue weighted by Crippen LogP contribution is 2.49. The van der Waals surface area contributed by atoms with Gasteiger partial charge in [-0.3, -0.25) is 4.79 Å². The number of hydrogen-bond donors (Lipinski definition) is 1. The molecule has 0 bridgehead atoms. The van der Waals surface area contributed by atoms with Gasteiger partial charge in [0.15, 0.2) is 0 Å². The number of halogens is 1. The maximum Gasteiger partial charge on any atom is 0.314 e. The molecule has 0 amide bonds. The smallest absolute Gasteiger partial charge is 0.314 e. The summed E-state index contributed by atoms with van der Waals surface area (Å²) in [7, 11) is 0. The summed E-state index contributed by atoms with van der Waals surface area (Å²) in [6.07, 6.45) is 1.45. The van der Waals surface area contributed by atoms with E-state index in [2.05, 4.69) is 0 Å². The summed E-state index contributed by atoms with van der Waals surface area (Å²) in [5.41, 5.74) is 1.21. The molecule has 1 aliphatic rings. The number of carboxylic acids is 1. The van der Waals surface area contributed by atoms with Crippen molar-refractivity contribution in [2.75, 3.05) is 0 Å². The van der Waals surface area contributed by atoms with Gasteiger partial charge in [-0.25, -0.2) is 0 Å². The van der Waals surface area contributed by atoms with Gasteiger partial charge in [0.2, 0.25) is 0 Å². The largest absolute Gasteiger partial charge is 0.481 e. The number of aliphatic carboxylic acids is 1. The molecule has 1 aromatic rings. The lowest BCUT2D eigenvalue weighted by Gasteiger charge is -2.11. The lowest BCUT2D eigenvalue weighted by Crippen LogP contribution is -2.19. The molecular formula is C11H11ClO2. The number of benzene rings is 1. The standard InChI is InChI=1S/C11H11ClO2/c1-7-4-8(6-9(12)5-7)11(2-3-11)10(13)14/h4-6H,2-3H2,1H3,(H,13,14). The minimum atomic E-state index is -0.737. The van der Waals surface area contributed by atoms with E-state index in [0.717, 1.165) is 24.0 Å². The number of carboxylic acid groups (broad SMARTS) is 1. The van der Waals surface area contributed by atoms with E-state index in [1.807, 2.05) is 19.1 Å². The fourth-order valence-electron chi connectivity index (χ4n) is 1.76. The average molecular weight is 211 g/mol. The average Bonchev–Trinajstić information content (AvgIpc) is 2.81. The van der Waals surface area contributed by atoms with Crippen LogP contribution in [0.1, 0.15) is 24.0 Å². The highest BCUT2D eigenvalue weighted by Gasteiger charge is 2.51. The zero-order chi connectivity index (χ0) is 10.3. The summed E-state index contributed by atoms with van der Waals surface area (Å²) in [6.45, 7) is 1.92. The summed E-state index contributed by atoms with van der Waals surface area (Å²) in [5.74, 6) is -0.737. The quantitative estimate of drug-likeness (QED) is 0.815. The Balaban J connectivity index is 2.47. The lowest BCUT2D eigenvalue weighted by molar-refractivity contribution is -0.140. The molecule has 74 valence electrons. The van der Waals surface area contributed by atoms with Gasteiger partial charge in [-0.05, 0) is 43.0 Å². The highest BCUT2D eigenvalue weighted by atomic mass is 35.5. The molecule has 0 radical (unpaired) electrons. The molecule has 1 saturated carbocycles. The van der Waals surface area contributed by atoms with Gasteiger partial charge in [-0.15, -0.1) is 0 Å². The second kappa shape index (κ2) is 2.99. The molecule has 0 unspecified atom stereocenters. The van der Waals surface area contributed by atoms with Crippen LogP contribution in [0.2, 0.25) is 5.02 Å². The Bertz CT molecular complexity index is 374. The number of aryl methyl sites for hydroxylation is 1. The maximum absolute atomic E-state index is 11.1. The van der Waals surface area contributed by atoms with Crippen molar-refractivity contribution in [1.82, 2.24) is 0 Å². The Labute approximate surface area is 87.5 Å². The topological polar surface area (TPSA) is 37.3 Å². The molecule has 1 N–H and O–H groups in total. The molecule has 0 aromatic heterocycles. The first kappa shape index (κ1) is 9.53. The third-order valence-electron chi connectivity index (χ3n) is 2.75. The Kier molecular flexibility index (Phi) is 2.04. The van der Waals surface area contributed by atoms with E-state index >= 15 is 0 Å². The van der Waals surface area contributed by atoms with E-state index in [4.69, 9.17) is 16.7 Å². The van der Waals surface area contributed by atoms with Crippen LogP contribution in [0.3, 0.4) is 0 Å². The third kappa shape index (κ3) is 1.40. The maximum atomic E-state index is 11.1. The summed E-state index contributed by atoms with van der Waals surface area (Å²) < 4.78 is 0. The fraction of sp³-hybridized carbons (Fsp3) is 0.364. The van der Waals surface area contributed by atoms with Gasteiger partial charge < -0.3 is 5.11 Å². The number of hydrogen-bond acceptors (Lipinski definition) is 1. The molecule has 0 atom stereocenters. The van der Waals surface area contributed by atoms with Crippen LogP contribution in [0, 0.1) is 6.92 Å². The normalized spacial score (nSPS) is 17.9. The predicted octanol–water partition coefficient (Wildman–Crippen LogP) is 2.76. The first-order chi connectivity index (χ1) is 6.54. The Hall–Kier alpha value is -1.02. The van der Waals surface area contributed by atoms with E-state index in [1.54, 1.807) is 6.07 Å². The number of rotatable bonds is 2. The van der Waals surface area contributed by atoms with Gasteiger partial charge in [0.1, 0.15) is 0 Å².